The maximum absolute atomic E-state index is 12.1. The van der Waals surface area contributed by atoms with E-state index < -0.39 is 5.60 Å². The van der Waals surface area contributed by atoms with E-state index in [2.05, 4.69) is 5.16 Å². The van der Waals surface area contributed by atoms with Crippen molar-refractivity contribution in [1.82, 2.24) is 10.1 Å². The van der Waals surface area contributed by atoms with Crippen molar-refractivity contribution in [3.63, 3.8) is 0 Å². The molecule has 0 bridgehead atoms. The van der Waals surface area contributed by atoms with Gasteiger partial charge in [0.15, 0.2) is 0 Å². The number of rotatable bonds is 3. The summed E-state index contributed by atoms with van der Waals surface area (Å²) in [6, 6.07) is 0. The van der Waals surface area contributed by atoms with Crippen molar-refractivity contribution in [3.05, 3.63) is 17.0 Å². The van der Waals surface area contributed by atoms with Gasteiger partial charge in [-0.3, -0.25) is 0 Å². The Labute approximate surface area is 131 Å². The maximum atomic E-state index is 12.1. The molecule has 124 valence electrons. The first-order chi connectivity index (χ1) is 10.1. The predicted octanol–water partition coefficient (Wildman–Crippen LogP) is 3.21. The number of likely N-dealkylation sites (tertiary alicyclic amines) is 1. The highest BCUT2D eigenvalue weighted by Crippen LogP contribution is 2.28. The van der Waals surface area contributed by atoms with Crippen LogP contribution in [0.3, 0.4) is 0 Å². The Kier molecular flexibility index (Phi) is 4.52. The molecule has 1 aromatic heterocycles. The van der Waals surface area contributed by atoms with E-state index in [-0.39, 0.29) is 11.7 Å². The van der Waals surface area contributed by atoms with Gasteiger partial charge in [-0.05, 0) is 48.0 Å². The van der Waals surface area contributed by atoms with Crippen molar-refractivity contribution in [3.8, 4) is 0 Å². The molecule has 22 heavy (non-hydrogen) atoms. The molecule has 1 fully saturated rings. The summed E-state index contributed by atoms with van der Waals surface area (Å²) in [6.45, 7) is 13.0. The summed E-state index contributed by atoms with van der Waals surface area (Å²) >= 11 is 0. The number of hydrogen-bond donors (Lipinski definition) is 0. The van der Waals surface area contributed by atoms with Crippen LogP contribution in [0.25, 0.3) is 0 Å². The first-order valence-electron chi connectivity index (χ1n) is 7.63. The van der Waals surface area contributed by atoms with Gasteiger partial charge >= 0.3 is 6.09 Å². The Morgan fingerprint density at radius 2 is 2.09 bits per heavy atom. The smallest absolute Gasteiger partial charge is 0.410 e. The number of ether oxygens (including phenoxy) is 2. The lowest BCUT2D eigenvalue weighted by molar-refractivity contribution is -0.0379. The molecular weight excluding hydrogens is 284 g/mol. The number of amides is 1. The van der Waals surface area contributed by atoms with E-state index in [1.165, 1.54) is 0 Å². The zero-order valence-electron chi connectivity index (χ0n) is 14.4. The average molecular weight is 310 g/mol. The van der Waals surface area contributed by atoms with Crippen molar-refractivity contribution < 1.29 is 18.8 Å². The lowest BCUT2D eigenvalue weighted by Gasteiger charge is -2.27. The molecule has 2 rings (SSSR count). The Hall–Kier alpha value is -1.56. The second-order valence-electron chi connectivity index (χ2n) is 7.19. The highest BCUT2D eigenvalue weighted by Gasteiger charge is 2.38. The lowest BCUT2D eigenvalue weighted by Crippen LogP contribution is -2.39. The largest absolute Gasteiger partial charge is 0.444 e. The van der Waals surface area contributed by atoms with E-state index in [0.29, 0.717) is 19.7 Å². The molecule has 6 nitrogen and oxygen atoms in total. The Bertz CT molecular complexity index is 527. The van der Waals surface area contributed by atoms with Gasteiger partial charge in [0.05, 0.1) is 24.4 Å². The number of aryl methyl sites for hydroxylation is 2. The molecule has 1 aliphatic heterocycles. The van der Waals surface area contributed by atoms with E-state index in [1.807, 2.05) is 41.5 Å². The molecule has 0 N–H and O–H groups in total. The van der Waals surface area contributed by atoms with Gasteiger partial charge in [-0.15, -0.1) is 0 Å². The van der Waals surface area contributed by atoms with Gasteiger partial charge in [0.1, 0.15) is 11.4 Å². The van der Waals surface area contributed by atoms with Gasteiger partial charge in [-0.1, -0.05) is 5.16 Å². The quantitative estimate of drug-likeness (QED) is 0.857. The van der Waals surface area contributed by atoms with Crippen LogP contribution in [0.4, 0.5) is 4.79 Å². The minimum atomic E-state index is -0.479. The van der Waals surface area contributed by atoms with E-state index in [9.17, 15) is 4.79 Å². The van der Waals surface area contributed by atoms with E-state index in [0.717, 1.165) is 23.4 Å². The van der Waals surface area contributed by atoms with E-state index >= 15 is 0 Å². The third-order valence-electron chi connectivity index (χ3n) is 3.83. The molecule has 0 aliphatic carbocycles. The number of carbonyl (C=O) groups is 1. The fourth-order valence-corrected chi connectivity index (χ4v) is 2.49. The third-order valence-corrected chi connectivity index (χ3v) is 3.83. The molecule has 1 atom stereocenters. The van der Waals surface area contributed by atoms with Crippen LogP contribution in [-0.2, 0) is 16.1 Å². The van der Waals surface area contributed by atoms with Crippen molar-refractivity contribution >= 4 is 6.09 Å². The Morgan fingerprint density at radius 1 is 1.41 bits per heavy atom. The number of hydrogen-bond acceptors (Lipinski definition) is 5. The average Bonchev–Trinajstić information content (AvgIpc) is 2.91. The summed E-state index contributed by atoms with van der Waals surface area (Å²) in [4.78, 5) is 13.8. The summed E-state index contributed by atoms with van der Waals surface area (Å²) in [5.74, 6) is 0.781. The monoisotopic (exact) mass is 310 g/mol. The van der Waals surface area contributed by atoms with Gasteiger partial charge in [0.25, 0.3) is 0 Å². The SMILES string of the molecule is Cc1noc(C)c1COC1(C)CCN(C(=O)OC(C)(C)C)C1. The van der Waals surface area contributed by atoms with Crippen LogP contribution in [0, 0.1) is 13.8 Å². The van der Waals surface area contributed by atoms with E-state index in [4.69, 9.17) is 14.0 Å². The molecule has 1 aliphatic rings. The summed E-state index contributed by atoms with van der Waals surface area (Å²) in [5.41, 5.74) is 0.987. The van der Waals surface area contributed by atoms with Gasteiger partial charge < -0.3 is 18.9 Å². The molecule has 1 saturated heterocycles. The fourth-order valence-electron chi connectivity index (χ4n) is 2.49. The van der Waals surface area contributed by atoms with Crippen molar-refractivity contribution in [2.45, 2.75) is 65.8 Å². The van der Waals surface area contributed by atoms with Crippen LogP contribution >= 0.6 is 0 Å². The van der Waals surface area contributed by atoms with Crippen LogP contribution < -0.4 is 0 Å². The Morgan fingerprint density at radius 3 is 2.64 bits per heavy atom. The third kappa shape index (κ3) is 4.00. The van der Waals surface area contributed by atoms with Crippen LogP contribution in [0.15, 0.2) is 4.52 Å². The molecule has 0 spiro atoms. The van der Waals surface area contributed by atoms with Gasteiger partial charge in [-0.25, -0.2) is 4.79 Å². The molecule has 1 aromatic rings. The highest BCUT2D eigenvalue weighted by atomic mass is 16.6. The van der Waals surface area contributed by atoms with Crippen molar-refractivity contribution in [2.24, 2.45) is 0 Å². The predicted molar refractivity (Wildman–Crippen MR) is 81.6 cm³/mol. The van der Waals surface area contributed by atoms with Crippen LogP contribution in [-0.4, -0.2) is 40.4 Å². The number of aromatic nitrogens is 1. The summed E-state index contributed by atoms with van der Waals surface area (Å²) in [5, 5.41) is 3.93. The van der Waals surface area contributed by atoms with Gasteiger partial charge in [0.2, 0.25) is 0 Å². The first kappa shape index (κ1) is 16.8. The number of nitrogens with zero attached hydrogens (tertiary/aromatic N) is 2. The topological polar surface area (TPSA) is 64.8 Å². The second-order valence-corrected chi connectivity index (χ2v) is 7.19. The highest BCUT2D eigenvalue weighted by molar-refractivity contribution is 5.68. The normalized spacial score (nSPS) is 22.2. The molecule has 1 unspecified atom stereocenters. The van der Waals surface area contributed by atoms with Crippen molar-refractivity contribution in [1.29, 1.82) is 0 Å². The van der Waals surface area contributed by atoms with Gasteiger partial charge in [-0.2, -0.15) is 0 Å². The second kappa shape index (κ2) is 5.91. The summed E-state index contributed by atoms with van der Waals surface area (Å²) in [7, 11) is 0. The molecule has 0 saturated carbocycles. The van der Waals surface area contributed by atoms with Crippen LogP contribution in [0.2, 0.25) is 0 Å². The van der Waals surface area contributed by atoms with Crippen molar-refractivity contribution in [2.75, 3.05) is 13.1 Å². The van der Waals surface area contributed by atoms with Crippen LogP contribution in [0.5, 0.6) is 0 Å². The number of carbonyl (C=O) groups excluding carboxylic acids is 1. The minimum absolute atomic E-state index is 0.280. The molecule has 0 radical (unpaired) electrons. The lowest BCUT2D eigenvalue weighted by atomic mass is 10.1. The summed E-state index contributed by atoms with van der Waals surface area (Å²) in [6.07, 6.45) is 0.507. The van der Waals surface area contributed by atoms with Gasteiger partial charge in [0, 0.05) is 12.1 Å². The molecule has 2 heterocycles. The fraction of sp³-hybridized carbons (Fsp3) is 0.750. The minimum Gasteiger partial charge on any atom is -0.444 e. The molecule has 0 aromatic carbocycles. The first-order valence-corrected chi connectivity index (χ1v) is 7.63. The maximum Gasteiger partial charge on any atom is 0.410 e. The standard InChI is InChI=1S/C16H26N2O4/c1-11-13(12(2)22-17-11)9-20-16(6)7-8-18(10-16)14(19)21-15(3,4)5/h7-10H2,1-6H3. The molecule has 6 heteroatoms. The van der Waals surface area contributed by atoms with E-state index in [1.54, 1.807) is 4.90 Å². The molecular formula is C16H26N2O4. The molecule has 1 amide bonds. The Balaban J connectivity index is 1.92. The zero-order valence-corrected chi connectivity index (χ0v) is 14.4. The summed E-state index contributed by atoms with van der Waals surface area (Å²) < 4.78 is 16.6. The zero-order chi connectivity index (χ0) is 16.5. The van der Waals surface area contributed by atoms with Crippen LogP contribution in [0.1, 0.15) is 51.1 Å².